The van der Waals surface area contributed by atoms with E-state index >= 15 is 0 Å². The molecule has 1 heterocycles. The SMILES string of the molecule is CCOc1ccccc1-c1cc(-c2ccc(N(C)C)cc2)cc(-c2ccccc2)n1. The summed E-state index contributed by atoms with van der Waals surface area (Å²) in [4.78, 5) is 7.11. The van der Waals surface area contributed by atoms with Gasteiger partial charge in [-0.3, -0.25) is 0 Å². The molecule has 0 atom stereocenters. The van der Waals surface area contributed by atoms with Gasteiger partial charge >= 0.3 is 0 Å². The lowest BCUT2D eigenvalue weighted by Gasteiger charge is -2.15. The average Bonchev–Trinajstić information content (AvgIpc) is 2.80. The summed E-state index contributed by atoms with van der Waals surface area (Å²) in [5.41, 5.74) is 7.43. The summed E-state index contributed by atoms with van der Waals surface area (Å²) in [6.45, 7) is 2.62. The predicted molar refractivity (Wildman–Crippen MR) is 126 cm³/mol. The largest absolute Gasteiger partial charge is 0.493 e. The van der Waals surface area contributed by atoms with Crippen LogP contribution in [-0.4, -0.2) is 25.7 Å². The van der Waals surface area contributed by atoms with Crippen molar-refractivity contribution in [3.8, 4) is 39.4 Å². The minimum absolute atomic E-state index is 0.619. The molecule has 150 valence electrons. The third-order valence-electron chi connectivity index (χ3n) is 5.07. The zero-order chi connectivity index (χ0) is 20.9. The van der Waals surface area contributed by atoms with Crippen LogP contribution in [0.3, 0.4) is 0 Å². The molecule has 1 aromatic heterocycles. The summed E-state index contributed by atoms with van der Waals surface area (Å²) in [5.74, 6) is 0.853. The minimum atomic E-state index is 0.619. The Bertz CT molecular complexity index is 1120. The lowest BCUT2D eigenvalue weighted by molar-refractivity contribution is 0.341. The molecule has 0 saturated carbocycles. The topological polar surface area (TPSA) is 25.4 Å². The van der Waals surface area contributed by atoms with Crippen molar-refractivity contribution in [1.82, 2.24) is 4.98 Å². The minimum Gasteiger partial charge on any atom is -0.493 e. The first-order valence-corrected chi connectivity index (χ1v) is 10.2. The Kier molecular flexibility index (Phi) is 5.80. The number of nitrogens with zero attached hydrogens (tertiary/aromatic N) is 2. The summed E-state index contributed by atoms with van der Waals surface area (Å²) in [7, 11) is 4.11. The van der Waals surface area contributed by atoms with Gasteiger partial charge in [-0.25, -0.2) is 4.98 Å². The van der Waals surface area contributed by atoms with E-state index in [-0.39, 0.29) is 0 Å². The molecule has 3 nitrogen and oxygen atoms in total. The number of hydrogen-bond donors (Lipinski definition) is 0. The van der Waals surface area contributed by atoms with Crippen LogP contribution in [0.5, 0.6) is 5.75 Å². The van der Waals surface area contributed by atoms with Crippen LogP contribution in [0.25, 0.3) is 33.6 Å². The maximum Gasteiger partial charge on any atom is 0.128 e. The van der Waals surface area contributed by atoms with Gasteiger partial charge in [0.25, 0.3) is 0 Å². The number of para-hydroxylation sites is 1. The zero-order valence-electron chi connectivity index (χ0n) is 17.7. The summed E-state index contributed by atoms with van der Waals surface area (Å²) >= 11 is 0. The van der Waals surface area contributed by atoms with Crippen LogP contribution in [-0.2, 0) is 0 Å². The third kappa shape index (κ3) is 4.20. The van der Waals surface area contributed by atoms with E-state index in [2.05, 4.69) is 73.6 Å². The van der Waals surface area contributed by atoms with Gasteiger partial charge in [0.1, 0.15) is 5.75 Å². The Hall–Kier alpha value is -3.59. The highest BCUT2D eigenvalue weighted by Crippen LogP contribution is 2.34. The molecule has 0 fully saturated rings. The average molecular weight is 395 g/mol. The monoisotopic (exact) mass is 394 g/mol. The van der Waals surface area contributed by atoms with E-state index in [0.717, 1.165) is 39.4 Å². The van der Waals surface area contributed by atoms with E-state index in [1.807, 2.05) is 43.3 Å². The quantitative estimate of drug-likeness (QED) is 0.371. The van der Waals surface area contributed by atoms with Gasteiger partial charge in [-0.1, -0.05) is 54.6 Å². The van der Waals surface area contributed by atoms with Crippen LogP contribution in [0.2, 0.25) is 0 Å². The molecule has 0 aliphatic rings. The van der Waals surface area contributed by atoms with Gasteiger partial charge in [-0.15, -0.1) is 0 Å². The van der Waals surface area contributed by atoms with E-state index < -0.39 is 0 Å². The van der Waals surface area contributed by atoms with Crippen LogP contribution in [0.1, 0.15) is 6.92 Å². The van der Waals surface area contributed by atoms with Gasteiger partial charge in [0.15, 0.2) is 0 Å². The highest BCUT2D eigenvalue weighted by atomic mass is 16.5. The second-order valence-corrected chi connectivity index (χ2v) is 7.36. The number of ether oxygens (including phenoxy) is 1. The summed E-state index contributed by atoms with van der Waals surface area (Å²) in [6.07, 6.45) is 0. The Morgan fingerprint density at radius 2 is 1.37 bits per heavy atom. The fraction of sp³-hybridized carbons (Fsp3) is 0.148. The van der Waals surface area contributed by atoms with E-state index in [1.165, 1.54) is 5.69 Å². The van der Waals surface area contributed by atoms with E-state index in [0.29, 0.717) is 6.61 Å². The van der Waals surface area contributed by atoms with Crippen LogP contribution in [0.15, 0.2) is 91.0 Å². The molecule has 0 bridgehead atoms. The molecule has 4 rings (SSSR count). The first kappa shape index (κ1) is 19.7. The number of hydrogen-bond acceptors (Lipinski definition) is 3. The highest BCUT2D eigenvalue weighted by molar-refractivity contribution is 5.79. The Morgan fingerprint density at radius 1 is 0.700 bits per heavy atom. The molecule has 3 heteroatoms. The number of benzene rings is 3. The summed E-state index contributed by atoms with van der Waals surface area (Å²) < 4.78 is 5.88. The van der Waals surface area contributed by atoms with Crippen molar-refractivity contribution in [3.63, 3.8) is 0 Å². The molecule has 3 aromatic carbocycles. The summed E-state index contributed by atoms with van der Waals surface area (Å²) in [6, 6.07) is 31.3. The van der Waals surface area contributed by atoms with Gasteiger partial charge in [-0.2, -0.15) is 0 Å². The molecule has 0 N–H and O–H groups in total. The van der Waals surface area contributed by atoms with Crippen LogP contribution >= 0.6 is 0 Å². The van der Waals surface area contributed by atoms with Crippen LogP contribution in [0, 0.1) is 0 Å². The van der Waals surface area contributed by atoms with Gasteiger partial charge in [0, 0.05) is 30.9 Å². The third-order valence-corrected chi connectivity index (χ3v) is 5.07. The first-order valence-electron chi connectivity index (χ1n) is 10.2. The lowest BCUT2D eigenvalue weighted by atomic mass is 9.99. The van der Waals surface area contributed by atoms with Crippen LogP contribution in [0.4, 0.5) is 5.69 Å². The smallest absolute Gasteiger partial charge is 0.128 e. The van der Waals surface area contributed by atoms with Crippen molar-refractivity contribution in [1.29, 1.82) is 0 Å². The highest BCUT2D eigenvalue weighted by Gasteiger charge is 2.12. The molecule has 0 unspecified atom stereocenters. The Balaban J connectivity index is 1.88. The standard InChI is InChI=1S/C27H26N2O/c1-4-30-27-13-9-8-12-24(27)26-19-22(20-14-16-23(17-15-20)29(2)3)18-25(28-26)21-10-6-5-7-11-21/h5-19H,4H2,1-3H3. The fourth-order valence-corrected chi connectivity index (χ4v) is 3.50. The molecular formula is C27H26N2O. The second kappa shape index (κ2) is 8.83. The summed E-state index contributed by atoms with van der Waals surface area (Å²) in [5, 5.41) is 0. The predicted octanol–water partition coefficient (Wildman–Crippen LogP) is 6.55. The molecular weight excluding hydrogens is 368 g/mol. The van der Waals surface area contributed by atoms with Gasteiger partial charge in [0.05, 0.1) is 18.0 Å². The number of rotatable bonds is 6. The van der Waals surface area contributed by atoms with Crippen molar-refractivity contribution >= 4 is 5.69 Å². The van der Waals surface area contributed by atoms with Crippen molar-refractivity contribution < 1.29 is 4.74 Å². The maximum atomic E-state index is 5.88. The fourth-order valence-electron chi connectivity index (χ4n) is 3.50. The zero-order valence-corrected chi connectivity index (χ0v) is 17.7. The molecule has 4 aromatic rings. The molecule has 0 spiro atoms. The van der Waals surface area contributed by atoms with Crippen molar-refractivity contribution in [2.24, 2.45) is 0 Å². The van der Waals surface area contributed by atoms with Crippen molar-refractivity contribution in [2.75, 3.05) is 25.6 Å². The normalized spacial score (nSPS) is 10.6. The van der Waals surface area contributed by atoms with Crippen molar-refractivity contribution in [3.05, 3.63) is 91.0 Å². The second-order valence-electron chi connectivity index (χ2n) is 7.36. The maximum absolute atomic E-state index is 5.88. The molecule has 0 aliphatic heterocycles. The number of anilines is 1. The van der Waals surface area contributed by atoms with Gasteiger partial charge in [0.2, 0.25) is 0 Å². The van der Waals surface area contributed by atoms with E-state index in [4.69, 9.17) is 9.72 Å². The van der Waals surface area contributed by atoms with Gasteiger partial charge in [-0.05, 0) is 54.4 Å². The first-order chi connectivity index (χ1) is 14.7. The van der Waals surface area contributed by atoms with Crippen molar-refractivity contribution in [2.45, 2.75) is 6.92 Å². The molecule has 0 amide bonds. The number of aromatic nitrogens is 1. The van der Waals surface area contributed by atoms with E-state index in [9.17, 15) is 0 Å². The Labute approximate surface area is 178 Å². The van der Waals surface area contributed by atoms with Crippen LogP contribution < -0.4 is 9.64 Å². The molecule has 0 radical (unpaired) electrons. The van der Waals surface area contributed by atoms with Gasteiger partial charge < -0.3 is 9.64 Å². The molecule has 0 saturated heterocycles. The lowest BCUT2D eigenvalue weighted by Crippen LogP contribution is -2.07. The number of pyridine rings is 1. The molecule has 0 aliphatic carbocycles. The Morgan fingerprint density at radius 3 is 2.07 bits per heavy atom. The van der Waals surface area contributed by atoms with E-state index in [1.54, 1.807) is 0 Å². The molecule has 30 heavy (non-hydrogen) atoms.